The lowest BCUT2D eigenvalue weighted by Crippen LogP contribution is -2.35. The Morgan fingerprint density at radius 3 is 2.90 bits per heavy atom. The molecule has 1 aliphatic rings. The van der Waals surface area contributed by atoms with E-state index in [-0.39, 0.29) is 6.04 Å². The van der Waals surface area contributed by atoms with Gasteiger partial charge in [-0.3, -0.25) is 4.99 Å². The van der Waals surface area contributed by atoms with E-state index in [1.165, 1.54) is 12.1 Å². The first kappa shape index (κ1) is 13.1. The molecular formula is C14H13F2N3S. The standard InChI is InChI=1S/C14H13F2N3S/c15-9-3-4-11(12(16)6-9)13-7-18-14(17)19(13)8-10-2-1-5-20-10/h1-6,13H,7-8H2,(H2,17,18). The highest BCUT2D eigenvalue weighted by Gasteiger charge is 2.29. The Kier molecular flexibility index (Phi) is 3.40. The molecule has 0 radical (unpaired) electrons. The predicted molar refractivity (Wildman–Crippen MR) is 75.5 cm³/mol. The van der Waals surface area contributed by atoms with Gasteiger partial charge in [0.25, 0.3) is 0 Å². The van der Waals surface area contributed by atoms with Crippen molar-refractivity contribution in [2.45, 2.75) is 12.6 Å². The van der Waals surface area contributed by atoms with Gasteiger partial charge >= 0.3 is 0 Å². The van der Waals surface area contributed by atoms with Crippen LogP contribution in [0.25, 0.3) is 0 Å². The summed E-state index contributed by atoms with van der Waals surface area (Å²) in [6.07, 6.45) is 0. The SMILES string of the molecule is NC1=NCC(c2ccc(F)cc2F)N1Cc1cccs1. The molecule has 2 heterocycles. The molecule has 3 nitrogen and oxygen atoms in total. The molecule has 0 saturated heterocycles. The average molecular weight is 293 g/mol. The van der Waals surface area contributed by atoms with Crippen molar-refractivity contribution >= 4 is 17.3 Å². The maximum Gasteiger partial charge on any atom is 0.192 e. The molecule has 104 valence electrons. The highest BCUT2D eigenvalue weighted by molar-refractivity contribution is 7.09. The van der Waals surface area contributed by atoms with Crippen molar-refractivity contribution in [2.24, 2.45) is 10.7 Å². The van der Waals surface area contributed by atoms with Crippen molar-refractivity contribution in [2.75, 3.05) is 6.54 Å². The first-order valence-electron chi connectivity index (χ1n) is 6.19. The average Bonchev–Trinajstić information content (AvgIpc) is 3.03. The van der Waals surface area contributed by atoms with Gasteiger partial charge in [-0.05, 0) is 17.5 Å². The Morgan fingerprint density at radius 1 is 1.35 bits per heavy atom. The summed E-state index contributed by atoms with van der Waals surface area (Å²) in [7, 11) is 0. The van der Waals surface area contributed by atoms with Gasteiger partial charge in [0.15, 0.2) is 5.96 Å². The second-order valence-electron chi connectivity index (χ2n) is 4.59. The number of thiophene rings is 1. The largest absolute Gasteiger partial charge is 0.370 e. The van der Waals surface area contributed by atoms with Crippen LogP contribution in [0.15, 0.2) is 40.7 Å². The first-order valence-corrected chi connectivity index (χ1v) is 7.07. The van der Waals surface area contributed by atoms with E-state index >= 15 is 0 Å². The number of guanidine groups is 1. The van der Waals surface area contributed by atoms with Crippen LogP contribution >= 0.6 is 11.3 Å². The minimum Gasteiger partial charge on any atom is -0.370 e. The Bertz CT molecular complexity index is 640. The van der Waals surface area contributed by atoms with Gasteiger partial charge in [0, 0.05) is 16.5 Å². The Labute approximate surface area is 119 Å². The fourth-order valence-corrected chi connectivity index (χ4v) is 3.03. The van der Waals surface area contributed by atoms with Crippen LogP contribution in [0.1, 0.15) is 16.5 Å². The normalized spacial score (nSPS) is 18.4. The molecule has 0 spiro atoms. The lowest BCUT2D eigenvalue weighted by Gasteiger charge is -2.26. The zero-order valence-electron chi connectivity index (χ0n) is 10.6. The first-order chi connectivity index (χ1) is 9.65. The molecule has 20 heavy (non-hydrogen) atoms. The smallest absolute Gasteiger partial charge is 0.192 e. The number of rotatable bonds is 3. The van der Waals surface area contributed by atoms with Gasteiger partial charge in [-0.2, -0.15) is 0 Å². The maximum atomic E-state index is 13.9. The summed E-state index contributed by atoms with van der Waals surface area (Å²) in [5.41, 5.74) is 6.31. The molecule has 0 fully saturated rings. The predicted octanol–water partition coefficient (Wildman–Crippen LogP) is 2.90. The molecule has 1 unspecified atom stereocenters. The Balaban J connectivity index is 1.88. The van der Waals surface area contributed by atoms with E-state index in [1.54, 1.807) is 11.3 Å². The number of nitrogens with two attached hydrogens (primary N) is 1. The molecule has 0 saturated carbocycles. The number of aliphatic imine (C=N–C) groups is 1. The molecule has 6 heteroatoms. The molecule has 2 N–H and O–H groups in total. The zero-order valence-corrected chi connectivity index (χ0v) is 11.4. The van der Waals surface area contributed by atoms with E-state index in [4.69, 9.17) is 5.73 Å². The molecule has 1 aromatic heterocycles. The van der Waals surface area contributed by atoms with Gasteiger partial charge in [-0.1, -0.05) is 12.1 Å². The Hall–Kier alpha value is -1.95. The Morgan fingerprint density at radius 2 is 2.20 bits per heavy atom. The topological polar surface area (TPSA) is 41.6 Å². The molecule has 1 aromatic carbocycles. The van der Waals surface area contributed by atoms with E-state index in [0.717, 1.165) is 10.9 Å². The summed E-state index contributed by atoms with van der Waals surface area (Å²) in [6.45, 7) is 0.967. The van der Waals surface area contributed by atoms with Crippen molar-refractivity contribution in [1.82, 2.24) is 4.90 Å². The fraction of sp³-hybridized carbons (Fsp3) is 0.214. The second kappa shape index (κ2) is 5.20. The van der Waals surface area contributed by atoms with Crippen LogP contribution in [-0.4, -0.2) is 17.4 Å². The molecular weight excluding hydrogens is 280 g/mol. The summed E-state index contributed by atoms with van der Waals surface area (Å²) < 4.78 is 26.9. The van der Waals surface area contributed by atoms with Gasteiger partial charge in [0.1, 0.15) is 11.6 Å². The van der Waals surface area contributed by atoms with Crippen LogP contribution in [0, 0.1) is 11.6 Å². The summed E-state index contributed by atoms with van der Waals surface area (Å²) in [6, 6.07) is 7.29. The van der Waals surface area contributed by atoms with Crippen molar-refractivity contribution in [1.29, 1.82) is 0 Å². The molecule has 0 aliphatic carbocycles. The van der Waals surface area contributed by atoms with Crippen molar-refractivity contribution < 1.29 is 8.78 Å². The number of nitrogens with zero attached hydrogens (tertiary/aromatic N) is 2. The summed E-state index contributed by atoms with van der Waals surface area (Å²) in [5, 5.41) is 1.98. The third-order valence-corrected chi connectivity index (χ3v) is 4.19. The third-order valence-electron chi connectivity index (χ3n) is 3.32. The van der Waals surface area contributed by atoms with Crippen LogP contribution in [0.2, 0.25) is 0 Å². The highest BCUT2D eigenvalue weighted by Crippen LogP contribution is 2.30. The van der Waals surface area contributed by atoms with Gasteiger partial charge in [0.05, 0.1) is 19.1 Å². The zero-order chi connectivity index (χ0) is 14.1. The van der Waals surface area contributed by atoms with Gasteiger partial charge < -0.3 is 10.6 Å². The van der Waals surface area contributed by atoms with E-state index in [2.05, 4.69) is 4.99 Å². The lowest BCUT2D eigenvalue weighted by molar-refractivity contribution is 0.333. The molecule has 3 rings (SSSR count). The molecule has 2 aromatic rings. The van der Waals surface area contributed by atoms with Gasteiger partial charge in [-0.25, -0.2) is 8.78 Å². The minimum absolute atomic E-state index is 0.280. The summed E-state index contributed by atoms with van der Waals surface area (Å²) >= 11 is 1.61. The van der Waals surface area contributed by atoms with E-state index < -0.39 is 11.6 Å². The maximum absolute atomic E-state index is 13.9. The monoisotopic (exact) mass is 293 g/mol. The number of hydrogen-bond acceptors (Lipinski definition) is 4. The summed E-state index contributed by atoms with van der Waals surface area (Å²) in [5.74, 6) is -0.744. The van der Waals surface area contributed by atoms with Crippen molar-refractivity contribution in [3.8, 4) is 0 Å². The van der Waals surface area contributed by atoms with Crippen molar-refractivity contribution in [3.63, 3.8) is 0 Å². The van der Waals surface area contributed by atoms with E-state index in [1.807, 2.05) is 22.4 Å². The molecule has 1 atom stereocenters. The van der Waals surface area contributed by atoms with Gasteiger partial charge in [-0.15, -0.1) is 11.3 Å². The second-order valence-corrected chi connectivity index (χ2v) is 5.62. The molecule has 0 bridgehead atoms. The van der Waals surface area contributed by atoms with Crippen LogP contribution in [0.5, 0.6) is 0 Å². The highest BCUT2D eigenvalue weighted by atomic mass is 32.1. The molecule has 1 aliphatic heterocycles. The fourth-order valence-electron chi connectivity index (χ4n) is 2.33. The van der Waals surface area contributed by atoms with E-state index in [0.29, 0.717) is 24.6 Å². The summed E-state index contributed by atoms with van der Waals surface area (Å²) in [4.78, 5) is 7.16. The number of benzene rings is 1. The van der Waals surface area contributed by atoms with Crippen LogP contribution in [0.3, 0.4) is 0 Å². The van der Waals surface area contributed by atoms with Crippen LogP contribution in [0.4, 0.5) is 8.78 Å². The van der Waals surface area contributed by atoms with Crippen LogP contribution in [-0.2, 0) is 6.54 Å². The van der Waals surface area contributed by atoms with Crippen LogP contribution < -0.4 is 5.73 Å². The van der Waals surface area contributed by atoms with Crippen molar-refractivity contribution in [3.05, 3.63) is 57.8 Å². The van der Waals surface area contributed by atoms with Gasteiger partial charge in [0.2, 0.25) is 0 Å². The third kappa shape index (κ3) is 2.38. The number of hydrogen-bond donors (Lipinski definition) is 1. The minimum atomic E-state index is -0.581. The quantitative estimate of drug-likeness (QED) is 0.945. The van der Waals surface area contributed by atoms with E-state index in [9.17, 15) is 8.78 Å². The number of halogens is 2. The molecule has 0 amide bonds. The lowest BCUT2D eigenvalue weighted by atomic mass is 10.1.